The van der Waals surface area contributed by atoms with Gasteiger partial charge in [0.1, 0.15) is 17.2 Å². The topological polar surface area (TPSA) is 52.6 Å². The van der Waals surface area contributed by atoms with E-state index in [1.807, 2.05) is 0 Å². The molecular formula is C18H22F2N2O2. The number of rotatable bonds is 5. The van der Waals surface area contributed by atoms with Crippen LogP contribution in [0.3, 0.4) is 0 Å². The van der Waals surface area contributed by atoms with Crippen molar-refractivity contribution in [2.45, 2.75) is 25.4 Å². The first-order valence-corrected chi connectivity index (χ1v) is 7.95. The highest BCUT2D eigenvalue weighted by molar-refractivity contribution is 5.78. The highest BCUT2D eigenvalue weighted by atomic mass is 19.1. The number of likely N-dealkylation sites (tertiary alicyclic amines) is 1. The molecule has 1 aliphatic heterocycles. The van der Waals surface area contributed by atoms with Gasteiger partial charge < -0.3 is 10.4 Å². The molecule has 1 aliphatic rings. The Hall–Kier alpha value is -1.97. The summed E-state index contributed by atoms with van der Waals surface area (Å²) in [6.45, 7) is 3.33. The van der Waals surface area contributed by atoms with E-state index in [2.05, 4.69) is 16.1 Å². The summed E-state index contributed by atoms with van der Waals surface area (Å²) in [5.74, 6) is 0.721. The zero-order chi connectivity index (χ0) is 17.7. The highest BCUT2D eigenvalue weighted by Crippen LogP contribution is 2.24. The minimum Gasteiger partial charge on any atom is -0.383 e. The molecule has 130 valence electrons. The molecule has 1 amide bonds. The van der Waals surface area contributed by atoms with Gasteiger partial charge in [0, 0.05) is 17.5 Å². The second-order valence-corrected chi connectivity index (χ2v) is 6.37. The first kappa shape index (κ1) is 18.4. The van der Waals surface area contributed by atoms with E-state index in [1.165, 1.54) is 13.0 Å². The molecule has 0 saturated carbocycles. The summed E-state index contributed by atoms with van der Waals surface area (Å²) in [5.41, 5.74) is -1.66. The Balaban J connectivity index is 1.90. The molecule has 24 heavy (non-hydrogen) atoms. The molecule has 2 rings (SSSR count). The standard InChI is InChI=1S/C18H22F2N2O2/c1-3-8-22-9-6-13(7-10-22)17(23)21-12-18(2,24)15-5-4-14(19)11-16(15)20/h1,4-5,11,13,24H,6-10,12H2,2H3,(H,21,23). The van der Waals surface area contributed by atoms with E-state index in [0.29, 0.717) is 25.5 Å². The van der Waals surface area contributed by atoms with E-state index in [-0.39, 0.29) is 23.9 Å². The summed E-state index contributed by atoms with van der Waals surface area (Å²) in [6.07, 6.45) is 6.66. The van der Waals surface area contributed by atoms with E-state index in [1.54, 1.807) is 0 Å². The number of amides is 1. The number of aliphatic hydroxyl groups is 1. The molecule has 1 unspecified atom stereocenters. The smallest absolute Gasteiger partial charge is 0.223 e. The maximum absolute atomic E-state index is 13.8. The predicted molar refractivity (Wildman–Crippen MR) is 86.9 cm³/mol. The average molecular weight is 336 g/mol. The van der Waals surface area contributed by atoms with Gasteiger partial charge in [0.25, 0.3) is 0 Å². The van der Waals surface area contributed by atoms with Crippen molar-refractivity contribution in [1.29, 1.82) is 0 Å². The van der Waals surface area contributed by atoms with Crippen LogP contribution in [0.15, 0.2) is 18.2 Å². The molecule has 1 atom stereocenters. The molecule has 0 spiro atoms. The fraction of sp³-hybridized carbons (Fsp3) is 0.500. The molecule has 1 fully saturated rings. The number of nitrogens with zero attached hydrogens (tertiary/aromatic N) is 1. The molecule has 1 aromatic carbocycles. The number of halogens is 2. The van der Waals surface area contributed by atoms with Crippen molar-refractivity contribution in [2.75, 3.05) is 26.2 Å². The number of terminal acetylenes is 1. The monoisotopic (exact) mass is 336 g/mol. The van der Waals surface area contributed by atoms with Crippen LogP contribution in [0.2, 0.25) is 0 Å². The van der Waals surface area contributed by atoms with Crippen molar-refractivity contribution in [1.82, 2.24) is 10.2 Å². The Kier molecular flexibility index (Phi) is 5.92. The molecule has 1 saturated heterocycles. The van der Waals surface area contributed by atoms with E-state index in [9.17, 15) is 18.7 Å². The van der Waals surface area contributed by atoms with Gasteiger partial charge in [-0.1, -0.05) is 12.0 Å². The maximum atomic E-state index is 13.8. The van der Waals surface area contributed by atoms with E-state index in [0.717, 1.165) is 19.2 Å². The molecule has 4 nitrogen and oxygen atoms in total. The lowest BCUT2D eigenvalue weighted by molar-refractivity contribution is -0.127. The lowest BCUT2D eigenvalue weighted by Gasteiger charge is -2.31. The third kappa shape index (κ3) is 4.53. The number of carbonyl (C=O) groups excluding carboxylic acids is 1. The Morgan fingerprint density at radius 1 is 1.46 bits per heavy atom. The van der Waals surface area contributed by atoms with Gasteiger partial charge in [-0.3, -0.25) is 9.69 Å². The summed E-state index contributed by atoms with van der Waals surface area (Å²) >= 11 is 0. The Labute approximate surface area is 140 Å². The van der Waals surface area contributed by atoms with Crippen molar-refractivity contribution in [3.05, 3.63) is 35.4 Å². The van der Waals surface area contributed by atoms with Crippen LogP contribution < -0.4 is 5.32 Å². The van der Waals surface area contributed by atoms with Crippen LogP contribution in [-0.2, 0) is 10.4 Å². The van der Waals surface area contributed by atoms with Crippen molar-refractivity contribution < 1.29 is 18.7 Å². The largest absolute Gasteiger partial charge is 0.383 e. The van der Waals surface area contributed by atoms with Gasteiger partial charge in [0.15, 0.2) is 0 Å². The van der Waals surface area contributed by atoms with Crippen LogP contribution in [0, 0.1) is 29.9 Å². The molecule has 1 aromatic rings. The van der Waals surface area contributed by atoms with Crippen LogP contribution in [0.1, 0.15) is 25.3 Å². The zero-order valence-corrected chi connectivity index (χ0v) is 13.7. The quantitative estimate of drug-likeness (QED) is 0.804. The predicted octanol–water partition coefficient (Wildman–Crippen LogP) is 1.63. The van der Waals surface area contributed by atoms with Crippen molar-refractivity contribution in [3.63, 3.8) is 0 Å². The van der Waals surface area contributed by atoms with Crippen LogP contribution in [0.4, 0.5) is 8.78 Å². The second-order valence-electron chi connectivity index (χ2n) is 6.37. The summed E-state index contributed by atoms with van der Waals surface area (Å²) < 4.78 is 26.8. The number of hydrogen-bond acceptors (Lipinski definition) is 3. The highest BCUT2D eigenvalue weighted by Gasteiger charge is 2.30. The van der Waals surface area contributed by atoms with Crippen molar-refractivity contribution in [2.24, 2.45) is 5.92 Å². The van der Waals surface area contributed by atoms with Gasteiger partial charge in [-0.25, -0.2) is 8.78 Å². The maximum Gasteiger partial charge on any atom is 0.223 e. The number of benzene rings is 1. The van der Waals surface area contributed by atoms with Gasteiger partial charge in [-0.15, -0.1) is 6.42 Å². The zero-order valence-electron chi connectivity index (χ0n) is 13.7. The lowest BCUT2D eigenvalue weighted by atomic mass is 9.93. The number of hydrogen-bond donors (Lipinski definition) is 2. The van der Waals surface area contributed by atoms with Crippen LogP contribution in [0.5, 0.6) is 0 Å². The second kappa shape index (κ2) is 7.73. The molecule has 6 heteroatoms. The average Bonchev–Trinajstić information content (AvgIpc) is 2.53. The summed E-state index contributed by atoms with van der Waals surface area (Å²) in [6, 6.07) is 2.98. The van der Waals surface area contributed by atoms with Gasteiger partial charge in [0.05, 0.1) is 13.1 Å². The molecule has 0 radical (unpaired) electrons. The molecule has 1 heterocycles. The first-order chi connectivity index (χ1) is 11.3. The molecule has 0 aromatic heterocycles. The molecule has 0 aliphatic carbocycles. The van der Waals surface area contributed by atoms with Gasteiger partial charge >= 0.3 is 0 Å². The molecular weight excluding hydrogens is 314 g/mol. The minimum atomic E-state index is -1.61. The normalized spacial score (nSPS) is 18.6. The SMILES string of the molecule is C#CCN1CCC(C(=O)NCC(C)(O)c2ccc(F)cc2F)CC1. The van der Waals surface area contributed by atoms with Crippen molar-refractivity contribution in [3.8, 4) is 12.3 Å². The van der Waals surface area contributed by atoms with Gasteiger partial charge in [-0.05, 0) is 38.9 Å². The summed E-state index contributed by atoms with van der Waals surface area (Å²) in [7, 11) is 0. The fourth-order valence-corrected chi connectivity index (χ4v) is 2.91. The minimum absolute atomic E-state index is 0.0481. The van der Waals surface area contributed by atoms with E-state index in [4.69, 9.17) is 6.42 Å². The van der Waals surface area contributed by atoms with Gasteiger partial charge in [0.2, 0.25) is 5.91 Å². The van der Waals surface area contributed by atoms with Crippen molar-refractivity contribution >= 4 is 5.91 Å². The summed E-state index contributed by atoms with van der Waals surface area (Å²) in [4.78, 5) is 14.3. The first-order valence-electron chi connectivity index (χ1n) is 7.95. The van der Waals surface area contributed by atoms with Crippen LogP contribution in [-0.4, -0.2) is 42.1 Å². The van der Waals surface area contributed by atoms with Gasteiger partial charge in [-0.2, -0.15) is 0 Å². The van der Waals surface area contributed by atoms with Crippen LogP contribution >= 0.6 is 0 Å². The third-order valence-corrected chi connectivity index (χ3v) is 4.39. The number of carbonyl (C=O) groups is 1. The lowest BCUT2D eigenvalue weighted by Crippen LogP contribution is -2.44. The molecule has 2 N–H and O–H groups in total. The Morgan fingerprint density at radius 2 is 2.12 bits per heavy atom. The van der Waals surface area contributed by atoms with E-state index < -0.39 is 17.2 Å². The number of piperidine rings is 1. The fourth-order valence-electron chi connectivity index (χ4n) is 2.91. The Bertz CT molecular complexity index is 632. The van der Waals surface area contributed by atoms with E-state index >= 15 is 0 Å². The summed E-state index contributed by atoms with van der Waals surface area (Å²) in [5, 5.41) is 13.1. The number of nitrogens with one attached hydrogen (secondary N) is 1. The third-order valence-electron chi connectivity index (χ3n) is 4.39. The van der Waals surface area contributed by atoms with Crippen LogP contribution in [0.25, 0.3) is 0 Å². The Morgan fingerprint density at radius 3 is 2.71 bits per heavy atom. The molecule has 0 bridgehead atoms.